The molecule has 0 aliphatic carbocycles. The molecule has 1 rings (SSSR count). The molecule has 0 radical (unpaired) electrons. The van der Waals surface area contributed by atoms with Crippen molar-refractivity contribution in [3.63, 3.8) is 0 Å². The lowest BCUT2D eigenvalue weighted by molar-refractivity contribution is -0.179. The van der Waals surface area contributed by atoms with E-state index in [2.05, 4.69) is 29.1 Å². The number of nitrogens with one attached hydrogen (secondary N) is 1. The summed E-state index contributed by atoms with van der Waals surface area (Å²) < 4.78 is 4.91. The Labute approximate surface area is 121 Å². The van der Waals surface area contributed by atoms with E-state index in [0.717, 1.165) is 23.5 Å². The summed E-state index contributed by atoms with van der Waals surface area (Å²) in [5.74, 6) is 0.868. The summed E-state index contributed by atoms with van der Waals surface area (Å²) in [6.45, 7) is 8.13. The van der Waals surface area contributed by atoms with Gasteiger partial charge in [-0.25, -0.2) is 9.97 Å². The highest BCUT2D eigenvalue weighted by molar-refractivity contribution is 5.45. The number of nitrogens with zero attached hydrogens (tertiary/aromatic N) is 3. The van der Waals surface area contributed by atoms with Gasteiger partial charge in [-0.1, -0.05) is 0 Å². The maximum Gasteiger partial charge on any atom is 0.215 e. The van der Waals surface area contributed by atoms with E-state index in [-0.39, 0.29) is 12.1 Å². The van der Waals surface area contributed by atoms with Gasteiger partial charge in [0.1, 0.15) is 12.1 Å². The fourth-order valence-corrected chi connectivity index (χ4v) is 2.04. The minimum absolute atomic E-state index is 0.177. The van der Waals surface area contributed by atoms with Crippen LogP contribution < -0.4 is 5.32 Å². The van der Waals surface area contributed by atoms with Gasteiger partial charge in [-0.15, -0.1) is 0 Å². The minimum Gasteiger partial charge on any atom is -0.367 e. The number of aromatic nitrogens is 2. The van der Waals surface area contributed by atoms with Crippen molar-refractivity contribution in [1.82, 2.24) is 14.9 Å². The zero-order valence-electron chi connectivity index (χ0n) is 13.2. The Morgan fingerprint density at radius 1 is 1.35 bits per heavy atom. The number of rotatable bonds is 7. The maximum atomic E-state index is 9.64. The van der Waals surface area contributed by atoms with E-state index in [1.54, 1.807) is 11.2 Å². The monoisotopic (exact) mass is 282 g/mol. The number of aliphatic hydroxyl groups is 1. The van der Waals surface area contributed by atoms with E-state index in [4.69, 9.17) is 4.74 Å². The SMILES string of the molecule is COC(O)N(C)[C@@H](C)C[C@H](C)Nc1ncnc(C)c1C. The van der Waals surface area contributed by atoms with Crippen molar-refractivity contribution in [3.05, 3.63) is 17.6 Å². The van der Waals surface area contributed by atoms with Crippen LogP contribution in [0.15, 0.2) is 6.33 Å². The second kappa shape index (κ2) is 7.52. The van der Waals surface area contributed by atoms with Gasteiger partial charge in [0.15, 0.2) is 0 Å². The van der Waals surface area contributed by atoms with Crippen LogP contribution in [0.3, 0.4) is 0 Å². The van der Waals surface area contributed by atoms with Gasteiger partial charge >= 0.3 is 0 Å². The molecule has 0 amide bonds. The second-order valence-corrected chi connectivity index (χ2v) is 5.29. The molecule has 0 saturated heterocycles. The van der Waals surface area contributed by atoms with Gasteiger partial charge in [0.2, 0.25) is 6.41 Å². The molecule has 3 atom stereocenters. The third-order valence-corrected chi connectivity index (χ3v) is 3.67. The molecule has 0 spiro atoms. The molecule has 0 aromatic carbocycles. The van der Waals surface area contributed by atoms with Crippen LogP contribution in [0.1, 0.15) is 31.5 Å². The summed E-state index contributed by atoms with van der Waals surface area (Å²) >= 11 is 0. The fourth-order valence-electron chi connectivity index (χ4n) is 2.04. The Morgan fingerprint density at radius 3 is 2.60 bits per heavy atom. The number of hydrogen-bond donors (Lipinski definition) is 2. The van der Waals surface area contributed by atoms with Crippen LogP contribution in [0.25, 0.3) is 0 Å². The van der Waals surface area contributed by atoms with E-state index < -0.39 is 6.41 Å². The highest BCUT2D eigenvalue weighted by Gasteiger charge is 2.19. The van der Waals surface area contributed by atoms with Crippen LogP contribution in [0, 0.1) is 13.8 Å². The highest BCUT2D eigenvalue weighted by atomic mass is 16.6. The first-order chi connectivity index (χ1) is 9.36. The smallest absolute Gasteiger partial charge is 0.215 e. The van der Waals surface area contributed by atoms with Crippen LogP contribution >= 0.6 is 0 Å². The van der Waals surface area contributed by atoms with Crippen molar-refractivity contribution >= 4 is 5.82 Å². The van der Waals surface area contributed by atoms with E-state index in [9.17, 15) is 5.11 Å². The Balaban J connectivity index is 2.59. The van der Waals surface area contributed by atoms with Crippen molar-refractivity contribution in [3.8, 4) is 0 Å². The summed E-state index contributed by atoms with van der Waals surface area (Å²) in [5, 5.41) is 13.0. The fraction of sp³-hybridized carbons (Fsp3) is 0.714. The lowest BCUT2D eigenvalue weighted by Crippen LogP contribution is -2.41. The largest absolute Gasteiger partial charge is 0.367 e. The third-order valence-electron chi connectivity index (χ3n) is 3.67. The zero-order chi connectivity index (χ0) is 15.3. The first kappa shape index (κ1) is 16.8. The number of anilines is 1. The van der Waals surface area contributed by atoms with Gasteiger partial charge in [-0.05, 0) is 41.2 Å². The van der Waals surface area contributed by atoms with Gasteiger partial charge in [-0.2, -0.15) is 0 Å². The molecule has 2 N–H and O–H groups in total. The van der Waals surface area contributed by atoms with Crippen LogP contribution in [-0.2, 0) is 4.74 Å². The quantitative estimate of drug-likeness (QED) is 0.739. The highest BCUT2D eigenvalue weighted by Crippen LogP contribution is 2.16. The summed E-state index contributed by atoms with van der Waals surface area (Å²) in [7, 11) is 3.33. The molecule has 6 heteroatoms. The van der Waals surface area contributed by atoms with Crippen molar-refractivity contribution in [2.75, 3.05) is 19.5 Å². The van der Waals surface area contributed by atoms with Gasteiger partial charge in [0.25, 0.3) is 0 Å². The van der Waals surface area contributed by atoms with Crippen LogP contribution in [0.4, 0.5) is 5.82 Å². The number of hydrogen-bond acceptors (Lipinski definition) is 6. The van der Waals surface area contributed by atoms with Crippen molar-refractivity contribution in [1.29, 1.82) is 0 Å². The Morgan fingerprint density at radius 2 is 2.00 bits per heavy atom. The zero-order valence-corrected chi connectivity index (χ0v) is 13.2. The van der Waals surface area contributed by atoms with E-state index in [1.165, 1.54) is 7.11 Å². The summed E-state index contributed by atoms with van der Waals surface area (Å²) in [6.07, 6.45) is 1.56. The molecule has 1 heterocycles. The normalized spacial score (nSPS) is 16.0. The Bertz CT molecular complexity index is 428. The lowest BCUT2D eigenvalue weighted by atomic mass is 10.1. The van der Waals surface area contributed by atoms with E-state index in [0.29, 0.717) is 0 Å². The lowest BCUT2D eigenvalue weighted by Gasteiger charge is -2.30. The summed E-state index contributed by atoms with van der Waals surface area (Å²) in [5.41, 5.74) is 2.05. The molecular formula is C14H26N4O2. The van der Waals surface area contributed by atoms with Crippen LogP contribution in [0.2, 0.25) is 0 Å². The Hall–Kier alpha value is -1.24. The average molecular weight is 282 g/mol. The van der Waals surface area contributed by atoms with Crippen LogP contribution in [-0.4, -0.2) is 52.6 Å². The van der Waals surface area contributed by atoms with Gasteiger partial charge < -0.3 is 15.2 Å². The first-order valence-corrected chi connectivity index (χ1v) is 6.84. The Kier molecular flexibility index (Phi) is 6.32. The molecular weight excluding hydrogens is 256 g/mol. The van der Waals surface area contributed by atoms with Crippen molar-refractivity contribution in [2.24, 2.45) is 0 Å². The minimum atomic E-state index is -0.875. The standard InChI is InChI=1S/C14H26N4O2/c1-9(7-10(2)18(5)14(19)20-6)17-13-11(3)12(4)15-8-16-13/h8-10,14,19H,7H2,1-6H3,(H,15,16,17)/t9-,10-,14?/m0/s1. The molecule has 1 unspecified atom stereocenters. The molecule has 0 fully saturated rings. The second-order valence-electron chi connectivity index (χ2n) is 5.29. The predicted molar refractivity (Wildman–Crippen MR) is 79.4 cm³/mol. The summed E-state index contributed by atoms with van der Waals surface area (Å²) in [6, 6.07) is 0.403. The molecule has 0 aliphatic heterocycles. The molecule has 114 valence electrons. The number of ether oxygens (including phenoxy) is 1. The van der Waals surface area contributed by atoms with Crippen molar-refractivity contribution in [2.45, 2.75) is 52.6 Å². The molecule has 6 nitrogen and oxygen atoms in total. The van der Waals surface area contributed by atoms with Crippen molar-refractivity contribution < 1.29 is 9.84 Å². The topological polar surface area (TPSA) is 70.5 Å². The average Bonchev–Trinajstić information content (AvgIpc) is 2.42. The number of methoxy groups -OCH3 is 1. The molecule has 0 aliphatic rings. The molecule has 1 aromatic heterocycles. The van der Waals surface area contributed by atoms with Crippen LogP contribution in [0.5, 0.6) is 0 Å². The maximum absolute atomic E-state index is 9.64. The van der Waals surface area contributed by atoms with Gasteiger partial charge in [-0.3, -0.25) is 4.90 Å². The van der Waals surface area contributed by atoms with E-state index in [1.807, 2.05) is 20.9 Å². The first-order valence-electron chi connectivity index (χ1n) is 6.84. The van der Waals surface area contributed by atoms with E-state index >= 15 is 0 Å². The van der Waals surface area contributed by atoms with Gasteiger partial charge in [0, 0.05) is 30.5 Å². The molecule has 20 heavy (non-hydrogen) atoms. The third kappa shape index (κ3) is 4.40. The number of aryl methyl sites for hydroxylation is 1. The molecule has 1 aromatic rings. The number of aliphatic hydroxyl groups excluding tert-OH is 1. The van der Waals surface area contributed by atoms with Gasteiger partial charge in [0.05, 0.1) is 0 Å². The predicted octanol–water partition coefficient (Wildman–Crippen LogP) is 1.53. The summed E-state index contributed by atoms with van der Waals surface area (Å²) in [4.78, 5) is 10.2. The molecule has 0 saturated carbocycles. The molecule has 0 bridgehead atoms.